The van der Waals surface area contributed by atoms with Gasteiger partial charge >= 0.3 is 0 Å². The first-order valence-corrected chi connectivity index (χ1v) is 4.93. The number of hydrogen-bond acceptors (Lipinski definition) is 3. The van der Waals surface area contributed by atoms with Crippen molar-refractivity contribution < 1.29 is 12.6 Å². The van der Waals surface area contributed by atoms with E-state index in [1.807, 2.05) is 0 Å². The van der Waals surface area contributed by atoms with Crippen molar-refractivity contribution in [2.75, 3.05) is 6.26 Å². The van der Waals surface area contributed by atoms with E-state index >= 15 is 0 Å². The van der Waals surface area contributed by atoms with Gasteiger partial charge in [0.2, 0.25) is 0 Å². The highest BCUT2D eigenvalue weighted by atomic mass is 32.2. The van der Waals surface area contributed by atoms with Crippen molar-refractivity contribution in [2.45, 2.75) is 19.4 Å². The molecule has 0 N–H and O–H groups in total. The maximum absolute atomic E-state index is 10.5. The summed E-state index contributed by atoms with van der Waals surface area (Å²) in [7, 11) is -3.34. The lowest BCUT2D eigenvalue weighted by molar-refractivity contribution is 0.235. The van der Waals surface area contributed by atoms with Gasteiger partial charge in [-0.1, -0.05) is 0 Å². The molecule has 0 aromatic heterocycles. The first kappa shape index (κ1) is 10.4. The molecule has 0 amide bonds. The molecule has 0 fully saturated rings. The van der Waals surface area contributed by atoms with Crippen LogP contribution in [0.3, 0.4) is 0 Å². The van der Waals surface area contributed by atoms with Gasteiger partial charge in [-0.2, -0.15) is 8.42 Å². The predicted octanol–water partition coefficient (Wildman–Crippen LogP) is 0.885. The molecule has 0 bridgehead atoms. The van der Waals surface area contributed by atoms with Gasteiger partial charge < -0.3 is 0 Å². The minimum Gasteiger partial charge on any atom is -0.267 e. The summed E-state index contributed by atoms with van der Waals surface area (Å²) in [5.41, 5.74) is 2.28. The summed E-state index contributed by atoms with van der Waals surface area (Å²) in [4.78, 5) is 0. The molecule has 0 aliphatic heterocycles. The second-order valence-electron chi connectivity index (χ2n) is 2.22. The van der Waals surface area contributed by atoms with Crippen LogP contribution in [0, 0.1) is 6.58 Å². The zero-order valence-corrected chi connectivity index (χ0v) is 7.39. The lowest BCUT2D eigenvalue weighted by atomic mass is 10.3. The van der Waals surface area contributed by atoms with Crippen LogP contribution in [0.25, 0.3) is 0 Å². The molecule has 0 aromatic carbocycles. The van der Waals surface area contributed by atoms with E-state index in [1.54, 1.807) is 6.92 Å². The summed E-state index contributed by atoms with van der Waals surface area (Å²) in [6.45, 7) is 6.58. The summed E-state index contributed by atoms with van der Waals surface area (Å²) in [6.07, 6.45) is 2.61. The molecule has 0 aromatic rings. The Bertz CT molecular complexity index is 247. The molecule has 0 heterocycles. The molecule has 0 aliphatic rings. The van der Waals surface area contributed by atoms with E-state index in [2.05, 4.69) is 9.91 Å². The molecule has 3 nitrogen and oxygen atoms in total. The largest absolute Gasteiger partial charge is 0.267 e. The van der Waals surface area contributed by atoms with Crippen molar-refractivity contribution in [3.05, 3.63) is 18.4 Å². The summed E-state index contributed by atoms with van der Waals surface area (Å²) in [5, 5.41) is 0. The second kappa shape index (κ2) is 4.34. The minimum absolute atomic E-state index is 0.374. The van der Waals surface area contributed by atoms with Crippen molar-refractivity contribution in [3.8, 4) is 0 Å². The van der Waals surface area contributed by atoms with E-state index < -0.39 is 10.1 Å². The number of rotatable bonds is 4. The Balaban J connectivity index is 3.88. The molecule has 1 radical (unpaired) electrons. The van der Waals surface area contributed by atoms with Crippen LogP contribution in [-0.2, 0) is 14.3 Å². The standard InChI is InChI=1S/C7H11O3S/c1-4-5-6-7(2)10-11(3,8)9/h1,5,7H,6H2,2-3H3/t4?,7-/m1/s1. The van der Waals surface area contributed by atoms with Crippen molar-refractivity contribution in [1.29, 1.82) is 0 Å². The normalized spacial score (nSPS) is 13.6. The van der Waals surface area contributed by atoms with Gasteiger partial charge in [-0.15, -0.1) is 5.73 Å². The van der Waals surface area contributed by atoms with Gasteiger partial charge in [-0.05, 0) is 19.6 Å². The van der Waals surface area contributed by atoms with Crippen LogP contribution in [0.1, 0.15) is 13.3 Å². The Morgan fingerprint density at radius 3 is 2.64 bits per heavy atom. The summed E-state index contributed by atoms with van der Waals surface area (Å²) in [6, 6.07) is 0. The molecule has 0 aliphatic carbocycles. The molecular weight excluding hydrogens is 164 g/mol. The topological polar surface area (TPSA) is 43.4 Å². The van der Waals surface area contributed by atoms with Crippen molar-refractivity contribution in [3.63, 3.8) is 0 Å². The first-order valence-electron chi connectivity index (χ1n) is 3.12. The van der Waals surface area contributed by atoms with Gasteiger partial charge in [0.25, 0.3) is 10.1 Å². The van der Waals surface area contributed by atoms with E-state index in [0.717, 1.165) is 6.26 Å². The highest BCUT2D eigenvalue weighted by Gasteiger charge is 2.07. The Hall–Kier alpha value is -0.570. The highest BCUT2D eigenvalue weighted by Crippen LogP contribution is 2.01. The third-order valence-electron chi connectivity index (χ3n) is 0.907. The fourth-order valence-corrected chi connectivity index (χ4v) is 1.25. The maximum atomic E-state index is 10.5. The minimum atomic E-state index is -3.34. The van der Waals surface area contributed by atoms with E-state index in [4.69, 9.17) is 6.58 Å². The molecule has 0 saturated heterocycles. The van der Waals surface area contributed by atoms with Gasteiger partial charge in [-0.3, -0.25) is 4.18 Å². The quantitative estimate of drug-likeness (QED) is 0.470. The lowest BCUT2D eigenvalue weighted by Crippen LogP contribution is -2.12. The Kier molecular flexibility index (Phi) is 4.11. The van der Waals surface area contributed by atoms with Gasteiger partial charge in [0, 0.05) is 6.42 Å². The van der Waals surface area contributed by atoms with Crippen LogP contribution in [0.2, 0.25) is 0 Å². The van der Waals surface area contributed by atoms with Crippen LogP contribution in [0.5, 0.6) is 0 Å². The molecule has 0 spiro atoms. The fraction of sp³-hybridized carbons (Fsp3) is 0.571. The fourth-order valence-electron chi connectivity index (χ4n) is 0.572. The zero-order chi connectivity index (χ0) is 8.91. The van der Waals surface area contributed by atoms with Crippen LogP contribution >= 0.6 is 0 Å². The van der Waals surface area contributed by atoms with E-state index in [9.17, 15) is 8.42 Å². The smallest absolute Gasteiger partial charge is 0.264 e. The molecule has 11 heavy (non-hydrogen) atoms. The van der Waals surface area contributed by atoms with Crippen molar-refractivity contribution in [2.24, 2.45) is 0 Å². The van der Waals surface area contributed by atoms with Gasteiger partial charge in [0.1, 0.15) is 0 Å². The molecule has 0 rings (SSSR count). The summed E-state index contributed by atoms with van der Waals surface area (Å²) >= 11 is 0. The molecule has 4 heteroatoms. The molecule has 63 valence electrons. The van der Waals surface area contributed by atoms with Gasteiger partial charge in [-0.25, -0.2) is 0 Å². The monoisotopic (exact) mass is 175 g/mol. The van der Waals surface area contributed by atoms with Gasteiger partial charge in [0.05, 0.1) is 12.4 Å². The SMILES string of the molecule is [CH]=C=CC[C@@H](C)OS(C)(=O)=O. The first-order chi connectivity index (χ1) is 4.95. The van der Waals surface area contributed by atoms with E-state index in [1.165, 1.54) is 6.08 Å². The predicted molar refractivity (Wildman–Crippen MR) is 42.4 cm³/mol. The average molecular weight is 175 g/mol. The van der Waals surface area contributed by atoms with Crippen LogP contribution in [0.4, 0.5) is 0 Å². The highest BCUT2D eigenvalue weighted by molar-refractivity contribution is 7.86. The van der Waals surface area contributed by atoms with Gasteiger partial charge in [0.15, 0.2) is 0 Å². The number of hydrogen-bond donors (Lipinski definition) is 0. The summed E-state index contributed by atoms with van der Waals surface area (Å²) < 4.78 is 25.6. The molecule has 1 atom stereocenters. The third-order valence-corrected chi connectivity index (χ3v) is 1.58. The summed E-state index contributed by atoms with van der Waals surface area (Å²) in [5.74, 6) is 0. The van der Waals surface area contributed by atoms with Crippen molar-refractivity contribution >= 4 is 10.1 Å². The van der Waals surface area contributed by atoms with Crippen LogP contribution in [0.15, 0.2) is 11.8 Å². The molecule has 0 unspecified atom stereocenters. The lowest BCUT2D eigenvalue weighted by Gasteiger charge is -2.06. The van der Waals surface area contributed by atoms with Crippen molar-refractivity contribution in [1.82, 2.24) is 0 Å². The molecular formula is C7H11O3S. The zero-order valence-electron chi connectivity index (χ0n) is 6.57. The Morgan fingerprint density at radius 1 is 1.73 bits per heavy atom. The Labute approximate surface area is 67.5 Å². The van der Waals surface area contributed by atoms with Crippen LogP contribution in [-0.4, -0.2) is 20.8 Å². The van der Waals surface area contributed by atoms with Crippen LogP contribution < -0.4 is 0 Å². The molecule has 0 saturated carbocycles. The Morgan fingerprint density at radius 2 is 2.27 bits per heavy atom. The second-order valence-corrected chi connectivity index (χ2v) is 3.82. The van der Waals surface area contributed by atoms with E-state index in [0.29, 0.717) is 6.42 Å². The maximum Gasteiger partial charge on any atom is 0.264 e. The average Bonchev–Trinajstić information content (AvgIpc) is 1.79. The van der Waals surface area contributed by atoms with E-state index in [-0.39, 0.29) is 6.10 Å². The third kappa shape index (κ3) is 7.33.